The van der Waals surface area contributed by atoms with Crippen molar-refractivity contribution >= 4 is 29.3 Å². The molecule has 6 heteroatoms. The molecule has 1 saturated heterocycles. The van der Waals surface area contributed by atoms with E-state index in [1.807, 2.05) is 0 Å². The first-order chi connectivity index (χ1) is 10.0. The molecule has 1 aliphatic heterocycles. The summed E-state index contributed by atoms with van der Waals surface area (Å²) in [5, 5.41) is 0.546. The number of halogens is 1. The Bertz CT molecular complexity index is 555. The zero-order valence-electron chi connectivity index (χ0n) is 11.7. The topological polar surface area (TPSA) is 63.7 Å². The van der Waals surface area contributed by atoms with Crippen molar-refractivity contribution in [1.82, 2.24) is 4.90 Å². The number of ketones is 1. The Morgan fingerprint density at radius 2 is 2.00 bits per heavy atom. The highest BCUT2D eigenvalue weighted by Gasteiger charge is 2.35. The second kappa shape index (κ2) is 6.72. The molecular weight excluding hydrogens is 294 g/mol. The van der Waals surface area contributed by atoms with Crippen LogP contribution >= 0.6 is 11.6 Å². The van der Waals surface area contributed by atoms with E-state index >= 15 is 0 Å². The van der Waals surface area contributed by atoms with Gasteiger partial charge >= 0.3 is 5.97 Å². The molecule has 0 N–H and O–H groups in total. The number of carbonyl (C=O) groups is 3. The van der Waals surface area contributed by atoms with Gasteiger partial charge in [0.1, 0.15) is 5.92 Å². The number of benzene rings is 1. The fourth-order valence-electron chi connectivity index (χ4n) is 2.24. The van der Waals surface area contributed by atoms with Crippen LogP contribution in [-0.4, -0.2) is 42.3 Å². The molecule has 0 spiro atoms. The predicted octanol–water partition coefficient (Wildman–Crippen LogP) is 1.93. The minimum Gasteiger partial charge on any atom is -0.465 e. The maximum Gasteiger partial charge on any atom is 0.318 e. The van der Waals surface area contributed by atoms with Crippen molar-refractivity contribution in [3.63, 3.8) is 0 Å². The summed E-state index contributed by atoms with van der Waals surface area (Å²) in [5.41, 5.74) is 0.483. The summed E-state index contributed by atoms with van der Waals surface area (Å²) < 4.78 is 4.89. The summed E-state index contributed by atoms with van der Waals surface area (Å²) in [6.45, 7) is 2.28. The number of ether oxygens (including phenoxy) is 1. The Hall–Kier alpha value is -1.88. The van der Waals surface area contributed by atoms with Gasteiger partial charge < -0.3 is 9.64 Å². The lowest BCUT2D eigenvalue weighted by Crippen LogP contribution is -2.47. The molecule has 0 bridgehead atoms. The maximum atomic E-state index is 12.4. The van der Waals surface area contributed by atoms with Crippen molar-refractivity contribution in [3.05, 3.63) is 34.9 Å². The van der Waals surface area contributed by atoms with Gasteiger partial charge in [-0.2, -0.15) is 0 Å². The number of esters is 1. The Morgan fingerprint density at radius 1 is 1.33 bits per heavy atom. The molecule has 0 aliphatic carbocycles. The smallest absolute Gasteiger partial charge is 0.318 e. The molecule has 0 radical (unpaired) electrons. The van der Waals surface area contributed by atoms with E-state index in [1.165, 1.54) is 4.90 Å². The molecule has 1 unspecified atom stereocenters. The highest BCUT2D eigenvalue weighted by Crippen LogP contribution is 2.18. The number of amides is 1. The summed E-state index contributed by atoms with van der Waals surface area (Å²) in [7, 11) is 0. The van der Waals surface area contributed by atoms with Crippen molar-refractivity contribution in [2.75, 3.05) is 19.7 Å². The van der Waals surface area contributed by atoms with Crippen molar-refractivity contribution in [3.8, 4) is 0 Å². The molecule has 1 heterocycles. The molecule has 1 aromatic carbocycles. The van der Waals surface area contributed by atoms with E-state index < -0.39 is 11.9 Å². The Morgan fingerprint density at radius 3 is 2.62 bits per heavy atom. The third-order valence-corrected chi connectivity index (χ3v) is 3.62. The molecular formula is C15H16ClNO4. The summed E-state index contributed by atoms with van der Waals surface area (Å²) in [6.07, 6.45) is 0.169. The van der Waals surface area contributed by atoms with Crippen molar-refractivity contribution in [2.45, 2.75) is 13.3 Å². The minimum absolute atomic E-state index is 0.0686. The van der Waals surface area contributed by atoms with Gasteiger partial charge in [0.05, 0.1) is 6.61 Å². The third-order valence-electron chi connectivity index (χ3n) is 3.37. The average Bonchev–Trinajstić information content (AvgIpc) is 2.48. The van der Waals surface area contributed by atoms with Crippen LogP contribution in [0.15, 0.2) is 24.3 Å². The van der Waals surface area contributed by atoms with Gasteiger partial charge in [-0.1, -0.05) is 11.6 Å². The molecule has 1 amide bonds. The first-order valence-corrected chi connectivity index (χ1v) is 7.15. The lowest BCUT2D eigenvalue weighted by molar-refractivity contribution is -0.153. The molecule has 1 aromatic rings. The maximum absolute atomic E-state index is 12.4. The number of carbonyl (C=O) groups excluding carboxylic acids is 3. The second-order valence-corrected chi connectivity index (χ2v) is 5.22. The van der Waals surface area contributed by atoms with Crippen LogP contribution in [0, 0.1) is 5.92 Å². The van der Waals surface area contributed by atoms with Gasteiger partial charge in [-0.3, -0.25) is 14.4 Å². The van der Waals surface area contributed by atoms with E-state index in [-0.39, 0.29) is 31.3 Å². The van der Waals surface area contributed by atoms with Crippen LogP contribution in [0.2, 0.25) is 5.02 Å². The number of rotatable bonds is 3. The third kappa shape index (κ3) is 3.61. The Labute approximate surface area is 127 Å². The van der Waals surface area contributed by atoms with E-state index in [0.29, 0.717) is 17.1 Å². The van der Waals surface area contributed by atoms with Gasteiger partial charge in [0.15, 0.2) is 5.78 Å². The average molecular weight is 310 g/mol. The van der Waals surface area contributed by atoms with E-state index in [9.17, 15) is 14.4 Å². The summed E-state index contributed by atoms with van der Waals surface area (Å²) in [5.74, 6) is -1.83. The van der Waals surface area contributed by atoms with Gasteiger partial charge in [0, 0.05) is 30.1 Å². The summed E-state index contributed by atoms with van der Waals surface area (Å²) in [6, 6.07) is 6.51. The van der Waals surface area contributed by atoms with E-state index in [0.717, 1.165) is 0 Å². The molecule has 0 aromatic heterocycles. The largest absolute Gasteiger partial charge is 0.465 e. The van der Waals surface area contributed by atoms with Crippen LogP contribution in [0.3, 0.4) is 0 Å². The fourth-order valence-corrected chi connectivity index (χ4v) is 2.37. The zero-order chi connectivity index (χ0) is 15.4. The lowest BCUT2D eigenvalue weighted by Gasteiger charge is -2.30. The quantitative estimate of drug-likeness (QED) is 0.632. The summed E-state index contributed by atoms with van der Waals surface area (Å²) in [4.78, 5) is 37.4. The SMILES string of the molecule is CCOC(=O)C1CN(C(=O)c2ccc(Cl)cc2)CCC1=O. The van der Waals surface area contributed by atoms with Crippen molar-refractivity contribution < 1.29 is 19.1 Å². The van der Waals surface area contributed by atoms with Crippen LogP contribution < -0.4 is 0 Å². The molecule has 1 fully saturated rings. The first-order valence-electron chi connectivity index (χ1n) is 6.77. The first kappa shape index (κ1) is 15.5. The standard InChI is InChI=1S/C15H16ClNO4/c1-2-21-15(20)12-9-17(8-7-13(12)18)14(19)10-3-5-11(16)6-4-10/h3-6,12H,2,7-9H2,1H3. The molecule has 1 atom stereocenters. The molecule has 1 aliphatic rings. The highest BCUT2D eigenvalue weighted by atomic mass is 35.5. The summed E-state index contributed by atoms with van der Waals surface area (Å²) >= 11 is 5.79. The van der Waals surface area contributed by atoms with Gasteiger partial charge in [-0.25, -0.2) is 0 Å². The number of nitrogens with zero attached hydrogens (tertiary/aromatic N) is 1. The number of Topliss-reactive ketones (excluding diaryl/α,β-unsaturated/α-hetero) is 1. The Kier molecular flexibility index (Phi) is 4.96. The number of hydrogen-bond acceptors (Lipinski definition) is 4. The number of likely N-dealkylation sites (tertiary alicyclic amines) is 1. The highest BCUT2D eigenvalue weighted by molar-refractivity contribution is 6.30. The molecule has 2 rings (SSSR count). The second-order valence-electron chi connectivity index (χ2n) is 4.78. The fraction of sp³-hybridized carbons (Fsp3) is 0.400. The Balaban J connectivity index is 2.10. The van der Waals surface area contributed by atoms with E-state index in [1.54, 1.807) is 31.2 Å². The molecule has 5 nitrogen and oxygen atoms in total. The number of piperidine rings is 1. The van der Waals surface area contributed by atoms with Crippen LogP contribution in [-0.2, 0) is 14.3 Å². The minimum atomic E-state index is -0.880. The van der Waals surface area contributed by atoms with Crippen molar-refractivity contribution in [1.29, 1.82) is 0 Å². The van der Waals surface area contributed by atoms with Crippen LogP contribution in [0.25, 0.3) is 0 Å². The number of hydrogen-bond donors (Lipinski definition) is 0. The molecule has 0 saturated carbocycles. The normalized spacial score (nSPS) is 18.5. The van der Waals surface area contributed by atoms with Gasteiger partial charge in [0.25, 0.3) is 5.91 Å². The zero-order valence-corrected chi connectivity index (χ0v) is 12.4. The monoisotopic (exact) mass is 309 g/mol. The van der Waals surface area contributed by atoms with Crippen molar-refractivity contribution in [2.24, 2.45) is 5.92 Å². The molecule has 21 heavy (non-hydrogen) atoms. The van der Waals surface area contributed by atoms with Crippen LogP contribution in [0.1, 0.15) is 23.7 Å². The van der Waals surface area contributed by atoms with E-state index in [2.05, 4.69) is 0 Å². The van der Waals surface area contributed by atoms with Crippen LogP contribution in [0.5, 0.6) is 0 Å². The van der Waals surface area contributed by atoms with E-state index in [4.69, 9.17) is 16.3 Å². The van der Waals surface area contributed by atoms with Gasteiger partial charge in [-0.05, 0) is 31.2 Å². The molecule has 112 valence electrons. The lowest BCUT2D eigenvalue weighted by atomic mass is 9.96. The predicted molar refractivity (Wildman–Crippen MR) is 77.1 cm³/mol. The van der Waals surface area contributed by atoms with Gasteiger partial charge in [-0.15, -0.1) is 0 Å². The van der Waals surface area contributed by atoms with Crippen LogP contribution in [0.4, 0.5) is 0 Å². The van der Waals surface area contributed by atoms with Gasteiger partial charge in [0.2, 0.25) is 0 Å².